The van der Waals surface area contributed by atoms with E-state index in [1.165, 1.54) is 18.2 Å². The molecule has 0 N–H and O–H groups in total. The first-order valence-corrected chi connectivity index (χ1v) is 9.78. The van der Waals surface area contributed by atoms with Crippen molar-refractivity contribution < 1.29 is 14.3 Å². The highest BCUT2D eigenvalue weighted by Crippen LogP contribution is 2.35. The molecule has 26 heavy (non-hydrogen) atoms. The molecule has 0 bridgehead atoms. The van der Waals surface area contributed by atoms with Gasteiger partial charge >= 0.3 is 0 Å². The number of aromatic nitrogens is 1. The normalized spacial score (nSPS) is 16.3. The van der Waals surface area contributed by atoms with Crippen LogP contribution in [0.1, 0.15) is 24.8 Å². The average Bonchev–Trinajstić information content (AvgIpc) is 2.70. The van der Waals surface area contributed by atoms with Gasteiger partial charge in [0, 0.05) is 24.5 Å². The van der Waals surface area contributed by atoms with Crippen LogP contribution in [-0.4, -0.2) is 47.8 Å². The molecular formula is C19H19N3O3S. The number of thioether (sulfide) groups is 1. The summed E-state index contributed by atoms with van der Waals surface area (Å²) < 4.78 is 11.2. The summed E-state index contributed by atoms with van der Waals surface area (Å²) in [6.45, 7) is 2.70. The molecule has 1 aromatic carbocycles. The highest BCUT2D eigenvalue weighted by molar-refractivity contribution is 8.00. The van der Waals surface area contributed by atoms with Gasteiger partial charge in [0.15, 0.2) is 11.5 Å². The van der Waals surface area contributed by atoms with Crippen molar-refractivity contribution in [1.82, 2.24) is 9.88 Å². The third-order valence-corrected chi connectivity index (χ3v) is 5.58. The van der Waals surface area contributed by atoms with Gasteiger partial charge in [0.05, 0.1) is 16.8 Å². The number of carbonyl (C=O) groups is 1. The van der Waals surface area contributed by atoms with Crippen LogP contribution in [0.3, 0.4) is 0 Å². The van der Waals surface area contributed by atoms with Gasteiger partial charge in [-0.1, -0.05) is 11.8 Å². The van der Waals surface area contributed by atoms with E-state index in [1.807, 2.05) is 17.0 Å². The lowest BCUT2D eigenvalue weighted by atomic mass is 10.1. The second-order valence-electron chi connectivity index (χ2n) is 6.37. The zero-order valence-corrected chi connectivity index (χ0v) is 15.2. The van der Waals surface area contributed by atoms with Gasteiger partial charge in [0.25, 0.3) is 0 Å². The van der Waals surface area contributed by atoms with E-state index in [9.17, 15) is 10.1 Å². The molecule has 0 aliphatic carbocycles. The van der Waals surface area contributed by atoms with E-state index in [2.05, 4.69) is 11.1 Å². The van der Waals surface area contributed by atoms with Crippen molar-refractivity contribution >= 4 is 28.6 Å². The quantitative estimate of drug-likeness (QED) is 0.774. The molecule has 134 valence electrons. The third-order valence-electron chi connectivity index (χ3n) is 4.61. The van der Waals surface area contributed by atoms with Crippen LogP contribution in [0.4, 0.5) is 0 Å². The van der Waals surface area contributed by atoms with E-state index in [1.54, 1.807) is 6.07 Å². The number of amides is 1. The smallest absolute Gasteiger partial charge is 0.232 e. The molecule has 0 saturated carbocycles. The highest BCUT2D eigenvalue weighted by atomic mass is 32.2. The molecule has 3 heterocycles. The maximum atomic E-state index is 12.4. The molecule has 2 aromatic rings. The summed E-state index contributed by atoms with van der Waals surface area (Å²) in [6.07, 6.45) is 3.33. The topological polar surface area (TPSA) is 75.5 Å². The number of rotatable bonds is 3. The Morgan fingerprint density at radius 2 is 1.88 bits per heavy atom. The van der Waals surface area contributed by atoms with Crippen LogP contribution in [0.25, 0.3) is 10.9 Å². The van der Waals surface area contributed by atoms with Crippen molar-refractivity contribution in [3.05, 3.63) is 23.8 Å². The Morgan fingerprint density at radius 1 is 1.15 bits per heavy atom. The fourth-order valence-electron chi connectivity index (χ4n) is 3.25. The lowest BCUT2D eigenvalue weighted by Crippen LogP contribution is -2.36. The van der Waals surface area contributed by atoms with Crippen LogP contribution in [0.2, 0.25) is 0 Å². The summed E-state index contributed by atoms with van der Waals surface area (Å²) in [6, 6.07) is 7.68. The Labute approximate surface area is 156 Å². The largest absolute Gasteiger partial charge is 0.486 e. The maximum absolute atomic E-state index is 12.4. The molecular weight excluding hydrogens is 350 g/mol. The molecule has 4 rings (SSSR count). The van der Waals surface area contributed by atoms with E-state index in [0.29, 0.717) is 41.1 Å². The SMILES string of the molecule is N#Cc1cc2cc3c(cc2nc1SCC(=O)N1CCCCC1)OCCO3. The Morgan fingerprint density at radius 3 is 2.62 bits per heavy atom. The van der Waals surface area contributed by atoms with E-state index >= 15 is 0 Å². The van der Waals surface area contributed by atoms with E-state index in [4.69, 9.17) is 9.47 Å². The lowest BCUT2D eigenvalue weighted by Gasteiger charge is -2.26. The van der Waals surface area contributed by atoms with Crippen molar-refractivity contribution in [3.63, 3.8) is 0 Å². The molecule has 0 atom stereocenters. The minimum Gasteiger partial charge on any atom is -0.486 e. The van der Waals surface area contributed by atoms with Crippen molar-refractivity contribution in [2.45, 2.75) is 24.3 Å². The fraction of sp³-hybridized carbons (Fsp3) is 0.421. The number of hydrogen-bond donors (Lipinski definition) is 0. The van der Waals surface area contributed by atoms with Gasteiger partial charge in [-0.05, 0) is 31.4 Å². The Balaban J connectivity index is 1.57. The van der Waals surface area contributed by atoms with Crippen LogP contribution < -0.4 is 9.47 Å². The second kappa shape index (κ2) is 7.42. The summed E-state index contributed by atoms with van der Waals surface area (Å²) in [4.78, 5) is 18.9. The molecule has 1 fully saturated rings. The van der Waals surface area contributed by atoms with Crippen molar-refractivity contribution in [1.29, 1.82) is 5.26 Å². The van der Waals surface area contributed by atoms with Crippen molar-refractivity contribution in [2.24, 2.45) is 0 Å². The molecule has 2 aliphatic heterocycles. The number of hydrogen-bond acceptors (Lipinski definition) is 6. The molecule has 6 nitrogen and oxygen atoms in total. The Kier molecular flexibility index (Phi) is 4.85. The van der Waals surface area contributed by atoms with Gasteiger partial charge < -0.3 is 14.4 Å². The summed E-state index contributed by atoms with van der Waals surface area (Å²) in [5.41, 5.74) is 1.21. The molecule has 1 amide bonds. The number of likely N-dealkylation sites (tertiary alicyclic amines) is 1. The van der Waals surface area contributed by atoms with Gasteiger partial charge in [0.2, 0.25) is 5.91 Å². The van der Waals surface area contributed by atoms with Gasteiger partial charge in [-0.2, -0.15) is 5.26 Å². The highest BCUT2D eigenvalue weighted by Gasteiger charge is 2.19. The molecule has 0 radical (unpaired) electrons. The van der Waals surface area contributed by atoms with Gasteiger partial charge in [-0.15, -0.1) is 0 Å². The fourth-order valence-corrected chi connectivity index (χ4v) is 4.11. The van der Waals surface area contributed by atoms with Crippen LogP contribution in [0.15, 0.2) is 23.2 Å². The van der Waals surface area contributed by atoms with Gasteiger partial charge in [0.1, 0.15) is 24.3 Å². The summed E-state index contributed by atoms with van der Waals surface area (Å²) in [5.74, 6) is 1.76. The number of nitriles is 1. The zero-order chi connectivity index (χ0) is 17.9. The number of pyridine rings is 1. The number of piperidine rings is 1. The predicted molar refractivity (Wildman–Crippen MR) is 98.6 cm³/mol. The minimum atomic E-state index is 0.114. The van der Waals surface area contributed by atoms with Crippen LogP contribution >= 0.6 is 11.8 Å². The summed E-state index contributed by atoms with van der Waals surface area (Å²) in [7, 11) is 0. The Hall–Kier alpha value is -2.46. The number of carbonyl (C=O) groups excluding carboxylic acids is 1. The first-order valence-electron chi connectivity index (χ1n) is 8.80. The summed E-state index contributed by atoms with van der Waals surface area (Å²) >= 11 is 1.33. The molecule has 1 aromatic heterocycles. The van der Waals surface area contributed by atoms with Crippen LogP contribution in [0.5, 0.6) is 11.5 Å². The zero-order valence-electron chi connectivity index (χ0n) is 14.4. The first-order chi connectivity index (χ1) is 12.7. The molecule has 0 spiro atoms. The minimum absolute atomic E-state index is 0.114. The third kappa shape index (κ3) is 3.42. The average molecular weight is 369 g/mol. The number of ether oxygens (including phenoxy) is 2. The Bertz CT molecular complexity index is 888. The molecule has 0 unspecified atom stereocenters. The first kappa shape index (κ1) is 17.0. The number of fused-ring (bicyclic) bond motifs is 2. The number of benzene rings is 1. The number of nitrogens with zero attached hydrogens (tertiary/aromatic N) is 3. The van der Waals surface area contributed by atoms with E-state index < -0.39 is 0 Å². The van der Waals surface area contributed by atoms with Crippen LogP contribution in [0, 0.1) is 11.3 Å². The molecule has 1 saturated heterocycles. The molecule has 2 aliphatic rings. The second-order valence-corrected chi connectivity index (χ2v) is 7.34. The van der Waals surface area contributed by atoms with Crippen molar-refractivity contribution in [2.75, 3.05) is 32.1 Å². The monoisotopic (exact) mass is 369 g/mol. The van der Waals surface area contributed by atoms with E-state index in [0.717, 1.165) is 36.8 Å². The predicted octanol–water partition coefficient (Wildman–Crippen LogP) is 2.98. The lowest BCUT2D eigenvalue weighted by molar-refractivity contribution is -0.129. The van der Waals surface area contributed by atoms with Crippen molar-refractivity contribution in [3.8, 4) is 17.6 Å². The van der Waals surface area contributed by atoms with Gasteiger partial charge in [-0.25, -0.2) is 4.98 Å². The standard InChI is InChI=1S/C19H19N3O3S/c20-11-14-8-13-9-16-17(25-7-6-24-16)10-15(13)21-19(14)26-12-18(23)22-4-2-1-3-5-22/h8-10H,1-7,12H2. The maximum Gasteiger partial charge on any atom is 0.232 e. The summed E-state index contributed by atoms with van der Waals surface area (Å²) in [5, 5.41) is 10.9. The van der Waals surface area contributed by atoms with Gasteiger partial charge in [-0.3, -0.25) is 4.79 Å². The van der Waals surface area contributed by atoms with E-state index in [-0.39, 0.29) is 5.91 Å². The molecule has 7 heteroatoms. The van der Waals surface area contributed by atoms with Crippen LogP contribution in [-0.2, 0) is 4.79 Å².